The summed E-state index contributed by atoms with van der Waals surface area (Å²) < 4.78 is 5.50. The van der Waals surface area contributed by atoms with Crippen LogP contribution < -0.4 is 0 Å². The summed E-state index contributed by atoms with van der Waals surface area (Å²) in [4.78, 5) is 0. The molecule has 2 saturated carbocycles. The van der Waals surface area contributed by atoms with Crippen LogP contribution in [0.1, 0.15) is 26.2 Å². The van der Waals surface area contributed by atoms with E-state index in [0.717, 1.165) is 5.92 Å². The van der Waals surface area contributed by atoms with E-state index in [-0.39, 0.29) is 0 Å². The lowest BCUT2D eigenvalue weighted by atomic mass is 9.77. The van der Waals surface area contributed by atoms with E-state index in [4.69, 9.17) is 4.74 Å². The second kappa shape index (κ2) is 1.64. The Labute approximate surface area is 66.5 Å². The Morgan fingerprint density at radius 3 is 2.82 bits per heavy atom. The Morgan fingerprint density at radius 1 is 1.45 bits per heavy atom. The van der Waals surface area contributed by atoms with Crippen molar-refractivity contribution in [2.45, 2.75) is 38.6 Å². The second-order valence-electron chi connectivity index (χ2n) is 4.67. The summed E-state index contributed by atoms with van der Waals surface area (Å²) in [5.41, 5.74) is 0.337. The molecule has 2 aliphatic carbocycles. The molecule has 0 spiro atoms. The smallest absolute Gasteiger partial charge is 0.158 e. The Hall–Kier alpha value is -0.0800. The Morgan fingerprint density at radius 2 is 2.27 bits per heavy atom. The molecule has 5 atom stereocenters. The van der Waals surface area contributed by atoms with Gasteiger partial charge in [-0.1, -0.05) is 6.92 Å². The fourth-order valence-corrected chi connectivity index (χ4v) is 3.52. The van der Waals surface area contributed by atoms with Crippen LogP contribution in [0.3, 0.4) is 0 Å². The van der Waals surface area contributed by atoms with Crippen LogP contribution in [0.5, 0.6) is 0 Å². The summed E-state index contributed by atoms with van der Waals surface area (Å²) in [5.74, 6) is 1.30. The number of fused-ring (bicyclic) bond motifs is 1. The molecule has 1 aliphatic heterocycles. The van der Waals surface area contributed by atoms with Crippen molar-refractivity contribution in [3.8, 4) is 0 Å². The monoisotopic (exact) mass is 154 g/mol. The van der Waals surface area contributed by atoms with Crippen molar-refractivity contribution < 1.29 is 9.84 Å². The van der Waals surface area contributed by atoms with E-state index in [1.807, 2.05) is 0 Å². The summed E-state index contributed by atoms with van der Waals surface area (Å²) >= 11 is 0. The highest BCUT2D eigenvalue weighted by atomic mass is 16.6. The van der Waals surface area contributed by atoms with Crippen molar-refractivity contribution >= 4 is 0 Å². The number of aliphatic hydroxyl groups is 1. The van der Waals surface area contributed by atoms with Gasteiger partial charge in [0.2, 0.25) is 0 Å². The number of hydrogen-bond acceptors (Lipinski definition) is 2. The number of ether oxygens (including phenoxy) is 1. The predicted octanol–water partition coefficient (Wildman–Crippen LogP) is 1.14. The highest BCUT2D eigenvalue weighted by Crippen LogP contribution is 2.63. The molecule has 0 aromatic heterocycles. The minimum absolute atomic E-state index is 0.337. The van der Waals surface area contributed by atoms with Gasteiger partial charge in [-0.3, -0.25) is 0 Å². The number of aliphatic hydroxyl groups excluding tert-OH is 1. The molecule has 62 valence electrons. The summed E-state index contributed by atoms with van der Waals surface area (Å²) in [5, 5.41) is 9.54. The van der Waals surface area contributed by atoms with Gasteiger partial charge in [0.05, 0.1) is 6.10 Å². The molecular weight excluding hydrogens is 140 g/mol. The molecule has 11 heavy (non-hydrogen) atoms. The molecule has 0 radical (unpaired) electrons. The van der Waals surface area contributed by atoms with Gasteiger partial charge in [-0.15, -0.1) is 0 Å². The first-order valence-corrected chi connectivity index (χ1v) is 4.54. The van der Waals surface area contributed by atoms with Crippen molar-refractivity contribution in [1.29, 1.82) is 0 Å². The molecule has 1 N–H and O–H groups in total. The number of rotatable bonds is 0. The molecule has 3 rings (SSSR count). The van der Waals surface area contributed by atoms with Crippen LogP contribution in [0.4, 0.5) is 0 Å². The molecule has 0 aromatic carbocycles. The Balaban J connectivity index is 2.05. The maximum Gasteiger partial charge on any atom is 0.158 e. The summed E-state index contributed by atoms with van der Waals surface area (Å²) in [6, 6.07) is 0. The summed E-state index contributed by atoms with van der Waals surface area (Å²) in [6.07, 6.45) is 3.62. The molecule has 2 nitrogen and oxygen atoms in total. The molecule has 3 aliphatic rings. The van der Waals surface area contributed by atoms with Gasteiger partial charge in [0, 0.05) is 11.3 Å². The van der Waals surface area contributed by atoms with Crippen LogP contribution in [0.25, 0.3) is 0 Å². The average molecular weight is 154 g/mol. The minimum Gasteiger partial charge on any atom is -0.368 e. The standard InChI is InChI=1S/C9H14O2/c1-9-4-5-2-6(9)8(10)11-7(9)3-5/h5-8,10H,2-4H2,1H3. The highest BCUT2D eigenvalue weighted by molar-refractivity contribution is 5.09. The lowest BCUT2D eigenvalue weighted by Gasteiger charge is -2.26. The zero-order chi connectivity index (χ0) is 7.64. The molecular formula is C9H14O2. The molecule has 0 amide bonds. The first-order valence-electron chi connectivity index (χ1n) is 4.54. The van der Waals surface area contributed by atoms with Crippen molar-refractivity contribution in [1.82, 2.24) is 0 Å². The SMILES string of the molecule is CC12CC3CC1OC(O)C2C3. The molecule has 1 heterocycles. The normalized spacial score (nSPS) is 66.0. The second-order valence-corrected chi connectivity index (χ2v) is 4.67. The largest absolute Gasteiger partial charge is 0.368 e. The molecule has 5 unspecified atom stereocenters. The predicted molar refractivity (Wildman–Crippen MR) is 39.8 cm³/mol. The van der Waals surface area contributed by atoms with Crippen LogP contribution in [-0.4, -0.2) is 17.5 Å². The van der Waals surface area contributed by atoms with Gasteiger partial charge in [-0.25, -0.2) is 0 Å². The van der Waals surface area contributed by atoms with Gasteiger partial charge in [-0.05, 0) is 25.2 Å². The first-order chi connectivity index (χ1) is 5.20. The number of hydrogen-bond donors (Lipinski definition) is 1. The molecule has 2 bridgehead atoms. The van der Waals surface area contributed by atoms with E-state index in [0.29, 0.717) is 17.4 Å². The van der Waals surface area contributed by atoms with E-state index in [9.17, 15) is 5.11 Å². The third-order valence-electron chi connectivity index (χ3n) is 4.09. The van der Waals surface area contributed by atoms with Gasteiger partial charge in [0.25, 0.3) is 0 Å². The first kappa shape index (κ1) is 6.44. The van der Waals surface area contributed by atoms with Gasteiger partial charge in [-0.2, -0.15) is 0 Å². The van der Waals surface area contributed by atoms with Crippen molar-refractivity contribution in [3.05, 3.63) is 0 Å². The maximum absolute atomic E-state index is 9.54. The van der Waals surface area contributed by atoms with Crippen LogP contribution in [0.15, 0.2) is 0 Å². The Kier molecular flexibility index (Phi) is 0.961. The van der Waals surface area contributed by atoms with E-state index < -0.39 is 6.29 Å². The van der Waals surface area contributed by atoms with E-state index in [1.54, 1.807) is 0 Å². The quantitative estimate of drug-likeness (QED) is 0.567. The molecule has 0 aromatic rings. The lowest BCUT2D eigenvalue weighted by Crippen LogP contribution is -2.28. The summed E-state index contributed by atoms with van der Waals surface area (Å²) in [7, 11) is 0. The van der Waals surface area contributed by atoms with Gasteiger partial charge in [0.15, 0.2) is 6.29 Å². The zero-order valence-electron chi connectivity index (χ0n) is 6.79. The van der Waals surface area contributed by atoms with Gasteiger partial charge < -0.3 is 9.84 Å². The third-order valence-corrected chi connectivity index (χ3v) is 4.09. The van der Waals surface area contributed by atoms with E-state index in [2.05, 4.69) is 6.92 Å². The minimum atomic E-state index is -0.447. The van der Waals surface area contributed by atoms with Crippen molar-refractivity contribution in [2.24, 2.45) is 17.3 Å². The average Bonchev–Trinajstić information content (AvgIpc) is 2.39. The Bertz CT molecular complexity index is 204. The molecule has 1 saturated heterocycles. The van der Waals surface area contributed by atoms with E-state index in [1.165, 1.54) is 19.3 Å². The van der Waals surface area contributed by atoms with Crippen LogP contribution in [0.2, 0.25) is 0 Å². The van der Waals surface area contributed by atoms with Gasteiger partial charge in [0.1, 0.15) is 0 Å². The van der Waals surface area contributed by atoms with E-state index >= 15 is 0 Å². The topological polar surface area (TPSA) is 29.5 Å². The summed E-state index contributed by atoms with van der Waals surface area (Å²) in [6.45, 7) is 2.28. The van der Waals surface area contributed by atoms with Crippen LogP contribution in [0, 0.1) is 17.3 Å². The fourth-order valence-electron chi connectivity index (χ4n) is 3.52. The van der Waals surface area contributed by atoms with Crippen LogP contribution >= 0.6 is 0 Å². The van der Waals surface area contributed by atoms with Crippen molar-refractivity contribution in [3.63, 3.8) is 0 Å². The lowest BCUT2D eigenvalue weighted by molar-refractivity contribution is -0.101. The molecule has 2 heteroatoms. The van der Waals surface area contributed by atoms with Gasteiger partial charge >= 0.3 is 0 Å². The maximum atomic E-state index is 9.54. The fraction of sp³-hybridized carbons (Fsp3) is 1.00. The highest BCUT2D eigenvalue weighted by Gasteiger charge is 2.63. The third kappa shape index (κ3) is 0.574. The molecule has 3 fully saturated rings. The van der Waals surface area contributed by atoms with Crippen molar-refractivity contribution in [2.75, 3.05) is 0 Å². The van der Waals surface area contributed by atoms with Crippen LogP contribution in [-0.2, 0) is 4.74 Å². The zero-order valence-corrected chi connectivity index (χ0v) is 6.79.